The zero-order chi connectivity index (χ0) is 21.9. The van der Waals surface area contributed by atoms with Gasteiger partial charge in [-0.05, 0) is 37.8 Å². The maximum absolute atomic E-state index is 11.1. The number of halogens is 3. The fourth-order valence-corrected chi connectivity index (χ4v) is 3.51. The molecule has 1 spiro atoms. The third-order valence-corrected chi connectivity index (χ3v) is 5.27. The molecule has 2 N–H and O–H groups in total. The molecule has 3 rings (SSSR count). The molecular formula is C16H23F3N4O5S. The Morgan fingerprint density at radius 2 is 2.00 bits per heavy atom. The first kappa shape index (κ1) is 23.3. The van der Waals surface area contributed by atoms with Crippen molar-refractivity contribution in [1.29, 1.82) is 0 Å². The summed E-state index contributed by atoms with van der Waals surface area (Å²) in [5.74, 6) is -1.61. The Bertz CT molecular complexity index is 801. The molecule has 1 aromatic heterocycles. The van der Waals surface area contributed by atoms with Gasteiger partial charge in [0.1, 0.15) is 5.60 Å². The van der Waals surface area contributed by atoms with Crippen LogP contribution in [0.2, 0.25) is 0 Å². The minimum atomic E-state index is -5.08. The van der Waals surface area contributed by atoms with Gasteiger partial charge in [-0.15, -0.1) is 5.10 Å². The smallest absolute Gasteiger partial charge is 0.475 e. The molecule has 2 fully saturated rings. The van der Waals surface area contributed by atoms with Crippen LogP contribution in [0.25, 0.3) is 0 Å². The van der Waals surface area contributed by atoms with E-state index in [4.69, 9.17) is 14.6 Å². The van der Waals surface area contributed by atoms with Crippen molar-refractivity contribution in [3.05, 3.63) is 17.8 Å². The second-order valence-corrected chi connectivity index (χ2v) is 9.04. The highest BCUT2D eigenvalue weighted by Gasteiger charge is 2.47. The van der Waals surface area contributed by atoms with Crippen molar-refractivity contribution in [1.82, 2.24) is 14.9 Å². The van der Waals surface area contributed by atoms with E-state index in [0.717, 1.165) is 37.4 Å². The van der Waals surface area contributed by atoms with Crippen molar-refractivity contribution in [3.8, 4) is 0 Å². The molecule has 0 radical (unpaired) electrons. The molecule has 1 atom stereocenters. The molecule has 3 heterocycles. The lowest BCUT2D eigenvalue weighted by molar-refractivity contribution is -0.192. The number of carboxylic acid groups (broad SMARTS) is 1. The molecule has 13 heteroatoms. The van der Waals surface area contributed by atoms with Gasteiger partial charge in [-0.2, -0.15) is 18.3 Å². The largest absolute Gasteiger partial charge is 0.490 e. The number of nitrogens with zero attached hydrogens (tertiary/aromatic N) is 3. The van der Waals surface area contributed by atoms with Crippen molar-refractivity contribution < 1.29 is 36.2 Å². The second kappa shape index (κ2) is 8.79. The van der Waals surface area contributed by atoms with Gasteiger partial charge in [-0.3, -0.25) is 0 Å². The summed E-state index contributed by atoms with van der Waals surface area (Å²) in [5, 5.41) is 15.4. The lowest BCUT2D eigenvalue weighted by Gasteiger charge is -2.53. The molecule has 1 aromatic rings. The molecule has 164 valence electrons. The number of carbonyl (C=O) groups is 1. The number of aliphatic carboxylic acids is 1. The first-order valence-electron chi connectivity index (χ1n) is 8.74. The number of rotatable bonds is 4. The highest BCUT2D eigenvalue weighted by atomic mass is 32.2. The van der Waals surface area contributed by atoms with Crippen molar-refractivity contribution in [2.45, 2.75) is 31.5 Å². The number of carboxylic acids is 1. The lowest BCUT2D eigenvalue weighted by Crippen LogP contribution is -2.65. The number of alkyl halides is 3. The maximum Gasteiger partial charge on any atom is 0.490 e. The molecule has 0 bridgehead atoms. The van der Waals surface area contributed by atoms with Crippen LogP contribution in [-0.4, -0.2) is 74.0 Å². The summed E-state index contributed by atoms with van der Waals surface area (Å²) in [6.45, 7) is 4.65. The van der Waals surface area contributed by atoms with E-state index in [1.807, 2.05) is 19.1 Å². The predicted molar refractivity (Wildman–Crippen MR) is 96.9 cm³/mol. The van der Waals surface area contributed by atoms with Gasteiger partial charge in [0.25, 0.3) is 0 Å². The van der Waals surface area contributed by atoms with Crippen LogP contribution in [0.1, 0.15) is 18.5 Å². The molecule has 2 aliphatic heterocycles. The summed E-state index contributed by atoms with van der Waals surface area (Å²) in [5.41, 5.74) is 0.822. The van der Waals surface area contributed by atoms with Crippen molar-refractivity contribution in [2.24, 2.45) is 5.92 Å². The predicted octanol–water partition coefficient (Wildman–Crippen LogP) is 0.953. The van der Waals surface area contributed by atoms with E-state index in [-0.39, 0.29) is 11.5 Å². The van der Waals surface area contributed by atoms with Crippen LogP contribution in [0.4, 0.5) is 19.0 Å². The average molecular weight is 440 g/mol. The van der Waals surface area contributed by atoms with E-state index in [1.54, 1.807) is 0 Å². The van der Waals surface area contributed by atoms with Crippen molar-refractivity contribution in [2.75, 3.05) is 37.4 Å². The SMILES string of the molecule is Cc1ccc(N2CC3(CCC(CNS(C)(=O)=O)CO3)C2)nn1.O=C(O)C(F)(F)F. The number of anilines is 1. The Hall–Kier alpha value is -1.99. The molecule has 2 aliphatic rings. The maximum atomic E-state index is 11.1. The average Bonchev–Trinajstić information content (AvgIpc) is 2.58. The minimum Gasteiger partial charge on any atom is -0.475 e. The van der Waals surface area contributed by atoms with Gasteiger partial charge in [0.05, 0.1) is 31.6 Å². The number of ether oxygens (including phenoxy) is 1. The van der Waals surface area contributed by atoms with E-state index < -0.39 is 22.2 Å². The molecule has 0 aromatic carbocycles. The van der Waals surface area contributed by atoms with Crippen LogP contribution in [-0.2, 0) is 19.6 Å². The van der Waals surface area contributed by atoms with E-state index in [9.17, 15) is 21.6 Å². The Labute approximate surface area is 166 Å². The summed E-state index contributed by atoms with van der Waals surface area (Å²) in [4.78, 5) is 11.1. The standard InChI is InChI=1S/C14H22N4O3S.C2HF3O2/c1-11-3-4-13(17-16-11)18-9-14(10-18)6-5-12(8-21-14)7-15-22(2,19)20;3-2(4,5)1(6)7/h3-4,12,15H,5-10H2,1-2H3;(H,6,7). The Morgan fingerprint density at radius 3 is 2.41 bits per heavy atom. The van der Waals surface area contributed by atoms with E-state index in [2.05, 4.69) is 19.8 Å². The summed E-state index contributed by atoms with van der Waals surface area (Å²) < 4.78 is 62.6. The summed E-state index contributed by atoms with van der Waals surface area (Å²) in [7, 11) is -3.12. The van der Waals surface area contributed by atoms with Crippen LogP contribution in [0, 0.1) is 12.8 Å². The fraction of sp³-hybridized carbons (Fsp3) is 0.688. The summed E-state index contributed by atoms with van der Waals surface area (Å²) >= 11 is 0. The highest BCUT2D eigenvalue weighted by molar-refractivity contribution is 7.88. The number of sulfonamides is 1. The van der Waals surface area contributed by atoms with Crippen molar-refractivity contribution in [3.63, 3.8) is 0 Å². The van der Waals surface area contributed by atoms with Gasteiger partial charge in [0.15, 0.2) is 5.82 Å². The minimum absolute atomic E-state index is 0.0891. The van der Waals surface area contributed by atoms with Crippen LogP contribution in [0.15, 0.2) is 12.1 Å². The van der Waals surface area contributed by atoms with Gasteiger partial charge in [-0.25, -0.2) is 17.9 Å². The van der Waals surface area contributed by atoms with Crippen LogP contribution < -0.4 is 9.62 Å². The van der Waals surface area contributed by atoms with E-state index >= 15 is 0 Å². The summed E-state index contributed by atoms with van der Waals surface area (Å²) in [6, 6.07) is 3.94. The molecule has 29 heavy (non-hydrogen) atoms. The van der Waals surface area contributed by atoms with E-state index in [1.165, 1.54) is 6.26 Å². The number of aryl methyl sites for hydroxylation is 1. The normalized spacial score (nSPS) is 21.1. The zero-order valence-electron chi connectivity index (χ0n) is 15.9. The third-order valence-electron chi connectivity index (χ3n) is 4.58. The number of nitrogens with one attached hydrogen (secondary N) is 1. The quantitative estimate of drug-likeness (QED) is 0.710. The molecule has 9 nitrogen and oxygen atoms in total. The molecule has 0 aliphatic carbocycles. The second-order valence-electron chi connectivity index (χ2n) is 7.21. The molecular weight excluding hydrogens is 417 g/mol. The first-order chi connectivity index (χ1) is 13.3. The third kappa shape index (κ3) is 7.08. The van der Waals surface area contributed by atoms with Crippen LogP contribution >= 0.6 is 0 Å². The van der Waals surface area contributed by atoms with Gasteiger partial charge in [0, 0.05) is 6.54 Å². The lowest BCUT2D eigenvalue weighted by atomic mass is 9.83. The van der Waals surface area contributed by atoms with Crippen LogP contribution in [0.3, 0.4) is 0 Å². The molecule has 1 unspecified atom stereocenters. The molecule has 2 saturated heterocycles. The topological polar surface area (TPSA) is 122 Å². The Kier molecular flexibility index (Phi) is 7.06. The Balaban J connectivity index is 0.000000370. The zero-order valence-corrected chi connectivity index (χ0v) is 16.8. The van der Waals surface area contributed by atoms with Crippen LogP contribution in [0.5, 0.6) is 0 Å². The number of hydrogen-bond acceptors (Lipinski definition) is 7. The van der Waals surface area contributed by atoms with Gasteiger partial charge < -0.3 is 14.7 Å². The molecule has 0 saturated carbocycles. The van der Waals surface area contributed by atoms with Crippen molar-refractivity contribution >= 4 is 21.8 Å². The first-order valence-corrected chi connectivity index (χ1v) is 10.6. The molecule has 0 amide bonds. The highest BCUT2D eigenvalue weighted by Crippen LogP contribution is 2.37. The van der Waals surface area contributed by atoms with E-state index in [0.29, 0.717) is 13.2 Å². The summed E-state index contributed by atoms with van der Waals surface area (Å²) in [6.07, 6.45) is -1.96. The monoisotopic (exact) mass is 440 g/mol. The number of aromatic nitrogens is 2. The van der Waals surface area contributed by atoms with Gasteiger partial charge >= 0.3 is 12.1 Å². The Morgan fingerprint density at radius 1 is 1.38 bits per heavy atom. The van der Waals surface area contributed by atoms with Gasteiger partial charge in [-0.1, -0.05) is 0 Å². The number of hydrogen-bond donors (Lipinski definition) is 2. The van der Waals surface area contributed by atoms with Gasteiger partial charge in [0.2, 0.25) is 10.0 Å². The fourth-order valence-electron chi connectivity index (χ4n) is 2.97.